The van der Waals surface area contributed by atoms with Crippen LogP contribution in [-0.2, 0) is 43.0 Å². The molecule has 0 radical (unpaired) electrons. The van der Waals surface area contributed by atoms with E-state index in [0.717, 1.165) is 12.0 Å². The highest BCUT2D eigenvalue weighted by Crippen LogP contribution is 2.33. The van der Waals surface area contributed by atoms with Crippen LogP contribution in [0.2, 0.25) is 0 Å². The number of rotatable bonds is 27. The normalized spacial score (nSPS) is 19.2. The van der Waals surface area contributed by atoms with Crippen LogP contribution >= 0.6 is 0 Å². The number of hydrogen-bond acceptors (Lipinski definition) is 10. The molecule has 14 nitrogen and oxygen atoms in total. The van der Waals surface area contributed by atoms with Crippen LogP contribution in [-0.4, -0.2) is 137 Å². The van der Waals surface area contributed by atoms with Gasteiger partial charge in [0.15, 0.2) is 5.78 Å². The summed E-state index contributed by atoms with van der Waals surface area (Å²) >= 11 is 0. The Hall–Kier alpha value is -4.27. The van der Waals surface area contributed by atoms with E-state index in [2.05, 4.69) is 0 Å². The molecule has 0 unspecified atom stereocenters. The Balaban J connectivity index is 1.68. The van der Waals surface area contributed by atoms with E-state index in [1.54, 1.807) is 52.0 Å². The van der Waals surface area contributed by atoms with Gasteiger partial charge in [-0.3, -0.25) is 38.5 Å². The van der Waals surface area contributed by atoms with Gasteiger partial charge in [0.2, 0.25) is 17.7 Å². The monoisotopic (exact) mass is 895 g/mol. The van der Waals surface area contributed by atoms with Crippen molar-refractivity contribution in [2.75, 3.05) is 41.4 Å². The molecule has 1 fully saturated rings. The fourth-order valence-corrected chi connectivity index (χ4v) is 9.29. The topological polar surface area (TPSA) is 171 Å². The molecular weight excluding hydrogens is 817 g/mol. The summed E-state index contributed by atoms with van der Waals surface area (Å²) in [6.45, 7) is 15.7. The Labute approximate surface area is 382 Å². The standard InChI is InChI=1S/C50H78N4O10/c1-13-33(4)46(40(63-11)31-45(60)53-28-20-23-38(53)48(64-12)35(6)39(55)29-34(5)47(61)36-21-16-14-17-22-36)51(9)49(62)37(32(2)3)30-41(56)50(7,8)52(10)42(57)24-18-15-19-27-54-43(58)25-26-44(54)59/h14,16-17,21-22,25-26,32-35,37-38,40,46-48,61H,13,15,18-20,23-24,27-31H2,1-12H3/t33-,34-,35-,37-,38-,40+,46-,47+,48+/m0/s1. The lowest BCUT2D eigenvalue weighted by Gasteiger charge is -2.41. The SMILES string of the molecule is CC[C@H](C)[C@@H]([C@@H](CC(=O)N1CCC[C@H]1[C@H](OC)[C@@H](C)C(=O)C[C@H](C)[C@@H](O)c1ccccc1)OC)N(C)C(=O)[C@@H](CC(=O)C(C)(C)N(C)C(=O)CCCCCN1C(=O)C=CC1=O)C(C)C. The molecule has 3 rings (SSSR count). The maximum atomic E-state index is 14.6. The number of likely N-dealkylation sites (N-methyl/N-ethyl adjacent to an activating group) is 2. The molecule has 9 atom stereocenters. The number of carbonyl (C=O) groups excluding carboxylic acids is 7. The van der Waals surface area contributed by atoms with Crippen molar-refractivity contribution in [3.05, 3.63) is 48.0 Å². The largest absolute Gasteiger partial charge is 0.388 e. The van der Waals surface area contributed by atoms with E-state index in [-0.39, 0.29) is 97.1 Å². The van der Waals surface area contributed by atoms with Crippen molar-refractivity contribution in [3.63, 3.8) is 0 Å². The number of nitrogens with zero attached hydrogens (tertiary/aromatic N) is 4. The zero-order valence-electron chi connectivity index (χ0n) is 40.7. The molecule has 1 aromatic carbocycles. The fourth-order valence-electron chi connectivity index (χ4n) is 9.29. The van der Waals surface area contributed by atoms with Crippen LogP contribution in [0.4, 0.5) is 0 Å². The van der Waals surface area contributed by atoms with Crippen molar-refractivity contribution in [1.29, 1.82) is 0 Å². The van der Waals surface area contributed by atoms with Gasteiger partial charge >= 0.3 is 0 Å². The summed E-state index contributed by atoms with van der Waals surface area (Å²) in [4.78, 5) is 99.6. The number of hydrogen-bond donors (Lipinski definition) is 1. The molecule has 1 N–H and O–H groups in total. The van der Waals surface area contributed by atoms with Crippen LogP contribution in [0.25, 0.3) is 0 Å². The van der Waals surface area contributed by atoms with Crippen LogP contribution in [0.1, 0.15) is 131 Å². The van der Waals surface area contributed by atoms with Gasteiger partial charge in [-0.05, 0) is 62.8 Å². The van der Waals surface area contributed by atoms with Gasteiger partial charge in [-0.15, -0.1) is 0 Å². The van der Waals surface area contributed by atoms with E-state index in [4.69, 9.17) is 9.47 Å². The molecule has 0 spiro atoms. The first-order valence-corrected chi connectivity index (χ1v) is 23.3. The molecule has 1 aromatic rings. The molecule has 2 heterocycles. The number of Topliss-reactive ketones (excluding diaryl/α,β-unsaturated/α-hetero) is 2. The molecule has 2 aliphatic rings. The second-order valence-corrected chi connectivity index (χ2v) is 19.1. The van der Waals surface area contributed by atoms with E-state index in [1.807, 2.05) is 71.9 Å². The van der Waals surface area contributed by atoms with Gasteiger partial charge in [0.05, 0.1) is 42.4 Å². The van der Waals surface area contributed by atoms with Gasteiger partial charge in [0.25, 0.3) is 11.8 Å². The highest BCUT2D eigenvalue weighted by atomic mass is 16.5. The maximum absolute atomic E-state index is 14.6. The number of likely N-dealkylation sites (tertiary alicyclic amines) is 1. The van der Waals surface area contributed by atoms with Gasteiger partial charge in [-0.1, -0.05) is 84.7 Å². The Morgan fingerprint density at radius 1 is 0.859 bits per heavy atom. The minimum atomic E-state index is -1.20. The minimum absolute atomic E-state index is 0.00435. The third-order valence-corrected chi connectivity index (χ3v) is 14.2. The number of methoxy groups -OCH3 is 2. The van der Waals surface area contributed by atoms with Gasteiger partial charge in [-0.2, -0.15) is 0 Å². The van der Waals surface area contributed by atoms with Crippen molar-refractivity contribution >= 4 is 41.1 Å². The lowest BCUT2D eigenvalue weighted by molar-refractivity contribution is -0.150. The van der Waals surface area contributed by atoms with E-state index in [9.17, 15) is 38.7 Å². The number of carbonyl (C=O) groups is 7. The van der Waals surface area contributed by atoms with Gasteiger partial charge in [0, 0.05) is 84.7 Å². The number of imide groups is 1. The molecular formula is C50H78N4O10. The fraction of sp³-hybridized carbons (Fsp3) is 0.700. The molecule has 0 aliphatic carbocycles. The van der Waals surface area contributed by atoms with Crippen LogP contribution in [0, 0.1) is 29.6 Å². The average Bonchev–Trinajstić information content (AvgIpc) is 3.89. The average molecular weight is 895 g/mol. The Morgan fingerprint density at radius 2 is 1.48 bits per heavy atom. The first-order chi connectivity index (χ1) is 30.1. The van der Waals surface area contributed by atoms with Crippen LogP contribution in [0.3, 0.4) is 0 Å². The predicted molar refractivity (Wildman–Crippen MR) is 245 cm³/mol. The molecule has 2 aliphatic heterocycles. The Kier molecular flexibility index (Phi) is 21.0. The minimum Gasteiger partial charge on any atom is -0.388 e. The number of benzene rings is 1. The summed E-state index contributed by atoms with van der Waals surface area (Å²) in [5.74, 6) is -3.40. The lowest BCUT2D eigenvalue weighted by atomic mass is 9.82. The second-order valence-electron chi connectivity index (χ2n) is 19.1. The summed E-state index contributed by atoms with van der Waals surface area (Å²) in [7, 11) is 6.42. The predicted octanol–water partition coefficient (Wildman–Crippen LogP) is 6.19. The summed E-state index contributed by atoms with van der Waals surface area (Å²) < 4.78 is 12.0. The van der Waals surface area contributed by atoms with Gasteiger partial charge < -0.3 is 29.3 Å². The molecule has 0 aromatic heterocycles. The number of amides is 5. The van der Waals surface area contributed by atoms with E-state index in [1.165, 1.54) is 22.0 Å². The van der Waals surface area contributed by atoms with E-state index >= 15 is 0 Å². The van der Waals surface area contributed by atoms with Crippen LogP contribution in [0.15, 0.2) is 42.5 Å². The molecule has 5 amide bonds. The molecule has 358 valence electrons. The van der Waals surface area contributed by atoms with Crippen molar-refractivity contribution in [2.24, 2.45) is 29.6 Å². The molecule has 0 bridgehead atoms. The van der Waals surface area contributed by atoms with Crippen LogP contribution in [0.5, 0.6) is 0 Å². The van der Waals surface area contributed by atoms with Crippen molar-refractivity contribution in [2.45, 2.75) is 156 Å². The van der Waals surface area contributed by atoms with E-state index < -0.39 is 41.7 Å². The lowest BCUT2D eigenvalue weighted by Crippen LogP contribution is -2.55. The Morgan fingerprint density at radius 3 is 2.05 bits per heavy atom. The molecule has 64 heavy (non-hydrogen) atoms. The highest BCUT2D eigenvalue weighted by Gasteiger charge is 2.44. The van der Waals surface area contributed by atoms with Crippen molar-refractivity contribution in [3.8, 4) is 0 Å². The summed E-state index contributed by atoms with van der Waals surface area (Å²) in [6, 6.07) is 8.44. The smallest absolute Gasteiger partial charge is 0.253 e. The second kappa shape index (κ2) is 24.9. The number of ketones is 2. The first kappa shape index (κ1) is 54.1. The number of unbranched alkanes of at least 4 members (excludes halogenated alkanes) is 2. The summed E-state index contributed by atoms with van der Waals surface area (Å²) in [5, 5.41) is 10.9. The number of aliphatic hydroxyl groups is 1. The van der Waals surface area contributed by atoms with Crippen molar-refractivity contribution in [1.82, 2.24) is 19.6 Å². The molecule has 0 saturated carbocycles. The molecule has 14 heteroatoms. The third kappa shape index (κ3) is 13.6. The van der Waals surface area contributed by atoms with E-state index in [0.29, 0.717) is 38.6 Å². The Bertz CT molecular complexity index is 1760. The number of aliphatic hydroxyl groups excluding tert-OH is 1. The molecule has 1 saturated heterocycles. The highest BCUT2D eigenvalue weighted by molar-refractivity contribution is 6.12. The quantitative estimate of drug-likeness (QED) is 0.0794. The number of ether oxygens (including phenoxy) is 2. The summed E-state index contributed by atoms with van der Waals surface area (Å²) in [6.07, 6.45) is 4.57. The third-order valence-electron chi connectivity index (χ3n) is 14.2. The zero-order chi connectivity index (χ0) is 48.1. The van der Waals surface area contributed by atoms with Gasteiger partial charge in [-0.25, -0.2) is 0 Å². The first-order valence-electron chi connectivity index (χ1n) is 23.3. The summed E-state index contributed by atoms with van der Waals surface area (Å²) in [5.41, 5.74) is -0.444. The van der Waals surface area contributed by atoms with Crippen molar-refractivity contribution < 1.29 is 48.1 Å². The van der Waals surface area contributed by atoms with Gasteiger partial charge in [0.1, 0.15) is 5.78 Å². The zero-order valence-corrected chi connectivity index (χ0v) is 40.7. The maximum Gasteiger partial charge on any atom is 0.253 e. The van der Waals surface area contributed by atoms with Crippen LogP contribution < -0.4 is 0 Å².